The van der Waals surface area contributed by atoms with Gasteiger partial charge in [-0.05, 0) is 0 Å². The average molecular weight is 86.1 g/mol. The summed E-state index contributed by atoms with van der Waals surface area (Å²) in [4.78, 5) is 0. The monoisotopic (exact) mass is 86.1 g/mol. The Bertz CT molecular complexity index is 111. The van der Waals surface area contributed by atoms with Gasteiger partial charge >= 0.3 is 53.0 Å². The second-order valence-electron chi connectivity index (χ2n) is 1.93. The zero-order valence-corrected chi connectivity index (χ0v) is 4.65. The van der Waals surface area contributed by atoms with Crippen LogP contribution in [-0.4, -0.2) is 17.7 Å². The first-order valence-electron chi connectivity index (χ1n) is 2.73. The van der Waals surface area contributed by atoms with Gasteiger partial charge in [0, 0.05) is 0 Å². The molecule has 0 aromatic rings. The van der Waals surface area contributed by atoms with Crippen LogP contribution in [0.5, 0.6) is 0 Å². The summed E-state index contributed by atoms with van der Waals surface area (Å²) in [5, 5.41) is 0. The molecule has 0 fully saturated rings. The summed E-state index contributed by atoms with van der Waals surface area (Å²) >= 11 is 2.13. The van der Waals surface area contributed by atoms with Gasteiger partial charge in [-0.15, -0.1) is 0 Å². The van der Waals surface area contributed by atoms with E-state index in [4.69, 9.17) is 0 Å². The molecule has 0 aromatic heterocycles. The molecule has 0 nitrogen and oxygen atoms in total. The van der Waals surface area contributed by atoms with E-state index in [9.17, 15) is 0 Å². The summed E-state index contributed by atoms with van der Waals surface area (Å²) in [6.07, 6.45) is 9.12. The fraction of sp³-hybridized carbons (Fsp3) is 0.333. The molecule has 0 bridgehead atoms. The molecule has 1 rings (SSSR count). The van der Waals surface area contributed by atoms with Gasteiger partial charge in [0.25, 0.3) is 0 Å². The van der Waals surface area contributed by atoms with Crippen LogP contribution in [0.15, 0.2) is 22.5 Å². The first-order chi connectivity index (χ1) is 3.39. The van der Waals surface area contributed by atoms with Crippen LogP contribution in [0.4, 0.5) is 0 Å². The molecular formula is C6H7Li. The molecule has 0 N–H and O–H groups in total. The molecule has 0 unspecified atom stereocenters. The van der Waals surface area contributed by atoms with Gasteiger partial charge in [0.15, 0.2) is 0 Å². The molecule has 0 saturated heterocycles. The Morgan fingerprint density at radius 2 is 2.29 bits per heavy atom. The van der Waals surface area contributed by atoms with E-state index in [1.54, 1.807) is 0 Å². The van der Waals surface area contributed by atoms with E-state index in [2.05, 4.69) is 35.9 Å². The van der Waals surface area contributed by atoms with Crippen LogP contribution in [0.3, 0.4) is 0 Å². The standard InChI is InChI=1S/C6H7.Li/c1-2-4-6-5-3-1;/h1-2,6H,3,5H2;. The van der Waals surface area contributed by atoms with E-state index in [0.29, 0.717) is 0 Å². The molecule has 0 saturated carbocycles. The van der Waals surface area contributed by atoms with Crippen LogP contribution < -0.4 is 0 Å². The molecule has 0 spiro atoms. The number of hydrogen-bond donors (Lipinski definition) is 0. The molecule has 32 valence electrons. The maximum atomic E-state index is 2.26. The van der Waals surface area contributed by atoms with E-state index in [0.717, 1.165) is 0 Å². The Morgan fingerprint density at radius 3 is 2.57 bits per heavy atom. The molecule has 0 amide bonds. The minimum atomic E-state index is 1.23. The van der Waals surface area contributed by atoms with Crippen molar-refractivity contribution >= 4 is 17.7 Å². The summed E-state index contributed by atoms with van der Waals surface area (Å²) in [6, 6.07) is 0. The van der Waals surface area contributed by atoms with Crippen LogP contribution >= 0.6 is 0 Å². The Hall–Kier alpha value is 0.0774. The molecule has 7 heavy (non-hydrogen) atoms. The number of rotatable bonds is 0. The third-order valence-corrected chi connectivity index (χ3v) is 1.18. The normalized spacial score (nSPS) is 19.4. The van der Waals surface area contributed by atoms with Crippen molar-refractivity contribution in [3.05, 3.63) is 22.5 Å². The second kappa shape index (κ2) is 2.40. The van der Waals surface area contributed by atoms with Crippen molar-refractivity contribution in [3.63, 3.8) is 0 Å². The fourth-order valence-electron chi connectivity index (χ4n) is 0.744. The third-order valence-electron chi connectivity index (χ3n) is 1.18. The van der Waals surface area contributed by atoms with Crippen molar-refractivity contribution in [3.8, 4) is 0 Å². The Morgan fingerprint density at radius 1 is 1.43 bits per heavy atom. The zero-order valence-electron chi connectivity index (χ0n) is 4.65. The molecule has 1 aliphatic carbocycles. The van der Waals surface area contributed by atoms with Crippen LogP contribution in [0.1, 0.15) is 12.8 Å². The quantitative estimate of drug-likeness (QED) is 0.391. The van der Waals surface area contributed by atoms with Crippen LogP contribution in [0.2, 0.25) is 0 Å². The van der Waals surface area contributed by atoms with E-state index in [1.807, 2.05) is 0 Å². The molecule has 0 atom stereocenters. The molecule has 0 heterocycles. The summed E-state index contributed by atoms with van der Waals surface area (Å²) in [5.74, 6) is 0. The van der Waals surface area contributed by atoms with Gasteiger partial charge in [-0.25, -0.2) is 0 Å². The second-order valence-corrected chi connectivity index (χ2v) is 1.93. The molecule has 1 heteroatoms. The molecule has 0 aliphatic heterocycles. The van der Waals surface area contributed by atoms with Gasteiger partial charge < -0.3 is 0 Å². The van der Waals surface area contributed by atoms with Gasteiger partial charge in [0.05, 0.1) is 0 Å². The Balaban J connectivity index is 2.58. The van der Waals surface area contributed by atoms with Crippen molar-refractivity contribution < 1.29 is 0 Å². The molecule has 0 aromatic carbocycles. The number of allylic oxidation sites excluding steroid dienone is 4. The number of hydrogen-bond acceptors (Lipinski definition) is 0. The van der Waals surface area contributed by atoms with Crippen molar-refractivity contribution in [2.24, 2.45) is 0 Å². The minimum absolute atomic E-state index is 1.23. The predicted molar refractivity (Wildman–Crippen MR) is 32.2 cm³/mol. The summed E-state index contributed by atoms with van der Waals surface area (Å²) in [5.41, 5.74) is 0. The maximum absolute atomic E-state index is 2.26. The molecule has 0 radical (unpaired) electrons. The van der Waals surface area contributed by atoms with Crippen LogP contribution in [0.25, 0.3) is 0 Å². The first-order valence-corrected chi connectivity index (χ1v) is 2.73. The average Bonchev–Trinajstić information content (AvgIpc) is 1.69. The van der Waals surface area contributed by atoms with Gasteiger partial charge in [-0.3, -0.25) is 0 Å². The van der Waals surface area contributed by atoms with E-state index in [-0.39, 0.29) is 0 Å². The van der Waals surface area contributed by atoms with Crippen LogP contribution in [0, 0.1) is 0 Å². The van der Waals surface area contributed by atoms with E-state index >= 15 is 0 Å². The SMILES string of the molecule is [Li][C]1=CCCC=C1. The first kappa shape index (κ1) is 5.22. The summed E-state index contributed by atoms with van der Waals surface area (Å²) in [7, 11) is 0. The van der Waals surface area contributed by atoms with Crippen molar-refractivity contribution in [2.45, 2.75) is 12.8 Å². The van der Waals surface area contributed by atoms with E-state index < -0.39 is 0 Å². The van der Waals surface area contributed by atoms with E-state index in [1.165, 1.54) is 17.1 Å². The zero-order chi connectivity index (χ0) is 5.11. The molecular weight excluding hydrogens is 79.0 g/mol. The Kier molecular flexibility index (Phi) is 1.79. The van der Waals surface area contributed by atoms with Crippen molar-refractivity contribution in [2.75, 3.05) is 0 Å². The van der Waals surface area contributed by atoms with Gasteiger partial charge in [0.1, 0.15) is 0 Å². The molecule has 1 aliphatic rings. The fourth-order valence-corrected chi connectivity index (χ4v) is 0.744. The van der Waals surface area contributed by atoms with Gasteiger partial charge in [-0.1, -0.05) is 0 Å². The van der Waals surface area contributed by atoms with Gasteiger partial charge in [0.2, 0.25) is 0 Å². The predicted octanol–water partition coefficient (Wildman–Crippen LogP) is 1.39. The van der Waals surface area contributed by atoms with Gasteiger partial charge in [-0.2, -0.15) is 0 Å². The topological polar surface area (TPSA) is 0 Å². The van der Waals surface area contributed by atoms with Crippen molar-refractivity contribution in [1.82, 2.24) is 0 Å². The summed E-state index contributed by atoms with van der Waals surface area (Å²) < 4.78 is 1.41. The van der Waals surface area contributed by atoms with Crippen molar-refractivity contribution in [1.29, 1.82) is 0 Å². The summed E-state index contributed by atoms with van der Waals surface area (Å²) in [6.45, 7) is 0. The third kappa shape index (κ3) is 1.55. The Labute approximate surface area is 53.5 Å². The van der Waals surface area contributed by atoms with Crippen LogP contribution in [-0.2, 0) is 0 Å².